The van der Waals surface area contributed by atoms with Crippen LogP contribution in [-0.2, 0) is 14.8 Å². The van der Waals surface area contributed by atoms with Crippen molar-refractivity contribution in [1.82, 2.24) is 4.31 Å². The van der Waals surface area contributed by atoms with Gasteiger partial charge < -0.3 is 10.6 Å². The standard InChI is InChI=1S/C23H31N3O3S/c1-17-11-12-20(15-21(17)30(28,29)26-13-6-4-5-7-14-26)24-16-22(27)25-23-18(2)9-8-10-19(23)3/h8-12,15,24H,4-7,13-14,16H2,1-3H3,(H,25,27). The van der Waals surface area contributed by atoms with Gasteiger partial charge in [0.1, 0.15) is 0 Å². The van der Waals surface area contributed by atoms with E-state index in [1.807, 2.05) is 45.0 Å². The topological polar surface area (TPSA) is 78.5 Å². The molecule has 1 fully saturated rings. The molecule has 0 unspecified atom stereocenters. The summed E-state index contributed by atoms with van der Waals surface area (Å²) in [5, 5.41) is 6.00. The van der Waals surface area contributed by atoms with Crippen molar-refractivity contribution in [1.29, 1.82) is 0 Å². The molecule has 1 aliphatic heterocycles. The number of nitrogens with one attached hydrogen (secondary N) is 2. The molecule has 0 atom stereocenters. The molecule has 0 radical (unpaired) electrons. The number of carbonyl (C=O) groups is 1. The Morgan fingerprint density at radius 2 is 1.57 bits per heavy atom. The quantitative estimate of drug-likeness (QED) is 0.720. The van der Waals surface area contributed by atoms with Crippen molar-refractivity contribution in [3.8, 4) is 0 Å². The van der Waals surface area contributed by atoms with Gasteiger partial charge in [-0.25, -0.2) is 8.42 Å². The molecule has 162 valence electrons. The van der Waals surface area contributed by atoms with E-state index < -0.39 is 10.0 Å². The molecule has 2 aromatic rings. The van der Waals surface area contributed by atoms with Gasteiger partial charge in [-0.15, -0.1) is 0 Å². The molecule has 0 aromatic heterocycles. The van der Waals surface area contributed by atoms with E-state index in [0.717, 1.165) is 42.5 Å². The molecular formula is C23H31N3O3S. The van der Waals surface area contributed by atoms with Crippen LogP contribution in [0.2, 0.25) is 0 Å². The largest absolute Gasteiger partial charge is 0.376 e. The highest BCUT2D eigenvalue weighted by Crippen LogP contribution is 2.26. The zero-order valence-corrected chi connectivity index (χ0v) is 18.8. The maximum atomic E-state index is 13.2. The van der Waals surface area contributed by atoms with Crippen LogP contribution in [0.4, 0.5) is 11.4 Å². The summed E-state index contributed by atoms with van der Waals surface area (Å²) < 4.78 is 28.0. The lowest BCUT2D eigenvalue weighted by Crippen LogP contribution is -2.32. The van der Waals surface area contributed by atoms with E-state index in [0.29, 0.717) is 29.2 Å². The fraction of sp³-hybridized carbons (Fsp3) is 0.435. The summed E-state index contributed by atoms with van der Waals surface area (Å²) in [6.45, 7) is 6.91. The van der Waals surface area contributed by atoms with Crippen molar-refractivity contribution >= 4 is 27.3 Å². The number of hydrogen-bond acceptors (Lipinski definition) is 4. The van der Waals surface area contributed by atoms with Gasteiger partial charge in [-0.3, -0.25) is 4.79 Å². The molecular weight excluding hydrogens is 398 g/mol. The lowest BCUT2D eigenvalue weighted by Gasteiger charge is -2.21. The Kier molecular flexibility index (Phi) is 7.15. The van der Waals surface area contributed by atoms with Gasteiger partial charge in [0.15, 0.2) is 0 Å². The predicted molar refractivity (Wildman–Crippen MR) is 121 cm³/mol. The average molecular weight is 430 g/mol. The monoisotopic (exact) mass is 429 g/mol. The summed E-state index contributed by atoms with van der Waals surface area (Å²) >= 11 is 0. The van der Waals surface area contributed by atoms with Gasteiger partial charge >= 0.3 is 0 Å². The number of aryl methyl sites for hydroxylation is 3. The van der Waals surface area contributed by atoms with E-state index in [1.54, 1.807) is 16.4 Å². The Labute approximate surface area is 179 Å². The maximum absolute atomic E-state index is 13.2. The SMILES string of the molecule is Cc1ccc(NCC(=O)Nc2c(C)cccc2C)cc1S(=O)(=O)N1CCCCCC1. The minimum Gasteiger partial charge on any atom is -0.376 e. The maximum Gasteiger partial charge on any atom is 0.243 e. The van der Waals surface area contributed by atoms with Crippen molar-refractivity contribution in [2.24, 2.45) is 0 Å². The molecule has 2 aromatic carbocycles. The Balaban J connectivity index is 1.71. The van der Waals surface area contributed by atoms with E-state index in [-0.39, 0.29) is 12.5 Å². The third kappa shape index (κ3) is 5.21. The molecule has 0 spiro atoms. The van der Waals surface area contributed by atoms with Crippen LogP contribution in [0.3, 0.4) is 0 Å². The van der Waals surface area contributed by atoms with Crippen LogP contribution in [0.25, 0.3) is 0 Å². The van der Waals surface area contributed by atoms with Crippen molar-refractivity contribution in [3.63, 3.8) is 0 Å². The van der Waals surface area contributed by atoms with Gasteiger partial charge in [-0.2, -0.15) is 4.31 Å². The molecule has 2 N–H and O–H groups in total. The van der Waals surface area contributed by atoms with Crippen LogP contribution in [-0.4, -0.2) is 38.3 Å². The smallest absolute Gasteiger partial charge is 0.243 e. The van der Waals surface area contributed by atoms with Crippen LogP contribution >= 0.6 is 0 Å². The fourth-order valence-electron chi connectivity index (χ4n) is 3.79. The summed E-state index contributed by atoms with van der Waals surface area (Å²) in [4.78, 5) is 12.7. The highest BCUT2D eigenvalue weighted by molar-refractivity contribution is 7.89. The second-order valence-corrected chi connectivity index (χ2v) is 9.87. The number of amides is 1. The Bertz CT molecular complexity index is 990. The van der Waals surface area contributed by atoms with Crippen LogP contribution in [0.15, 0.2) is 41.3 Å². The Morgan fingerprint density at radius 3 is 2.20 bits per heavy atom. The van der Waals surface area contributed by atoms with Crippen molar-refractivity contribution in [3.05, 3.63) is 53.1 Å². The minimum absolute atomic E-state index is 0.0556. The number of benzene rings is 2. The summed E-state index contributed by atoms with van der Waals surface area (Å²) in [6, 6.07) is 11.1. The molecule has 0 bridgehead atoms. The first kappa shape index (κ1) is 22.3. The van der Waals surface area contributed by atoms with Gasteiger partial charge in [0.25, 0.3) is 0 Å². The number of nitrogens with zero attached hydrogens (tertiary/aromatic N) is 1. The summed E-state index contributed by atoms with van der Waals surface area (Å²) in [6.07, 6.45) is 3.94. The number of para-hydroxylation sites is 1. The normalized spacial score (nSPS) is 15.4. The van der Waals surface area contributed by atoms with Crippen molar-refractivity contribution in [2.75, 3.05) is 30.3 Å². The number of anilines is 2. The molecule has 1 amide bonds. The average Bonchev–Trinajstić information content (AvgIpc) is 3.00. The lowest BCUT2D eigenvalue weighted by atomic mass is 10.1. The number of sulfonamides is 1. The summed E-state index contributed by atoms with van der Waals surface area (Å²) in [5.41, 5.74) is 4.15. The number of carbonyl (C=O) groups excluding carboxylic acids is 1. The van der Waals surface area contributed by atoms with Crippen LogP contribution < -0.4 is 10.6 Å². The highest BCUT2D eigenvalue weighted by Gasteiger charge is 2.27. The predicted octanol–water partition coefficient (Wildman–Crippen LogP) is 4.23. The zero-order chi connectivity index (χ0) is 21.7. The molecule has 1 aliphatic rings. The van der Waals surface area contributed by atoms with Crippen LogP contribution in [0.1, 0.15) is 42.4 Å². The van der Waals surface area contributed by atoms with Gasteiger partial charge in [0, 0.05) is 24.5 Å². The Morgan fingerprint density at radius 1 is 0.933 bits per heavy atom. The third-order valence-electron chi connectivity index (χ3n) is 5.57. The van der Waals surface area contributed by atoms with Crippen LogP contribution in [0.5, 0.6) is 0 Å². The second kappa shape index (κ2) is 9.62. The fourth-order valence-corrected chi connectivity index (χ4v) is 5.55. The number of rotatable bonds is 6. The first-order valence-corrected chi connectivity index (χ1v) is 11.9. The number of hydrogen-bond donors (Lipinski definition) is 2. The molecule has 0 aliphatic carbocycles. The zero-order valence-electron chi connectivity index (χ0n) is 18.0. The molecule has 0 saturated carbocycles. The first-order valence-electron chi connectivity index (χ1n) is 10.5. The van der Waals surface area contributed by atoms with Gasteiger partial charge in [0.2, 0.25) is 15.9 Å². The van der Waals surface area contributed by atoms with E-state index in [4.69, 9.17) is 0 Å². The first-order chi connectivity index (χ1) is 14.3. The summed E-state index contributed by atoms with van der Waals surface area (Å²) in [7, 11) is -3.54. The third-order valence-corrected chi connectivity index (χ3v) is 7.61. The summed E-state index contributed by atoms with van der Waals surface area (Å²) in [5.74, 6) is -0.176. The molecule has 30 heavy (non-hydrogen) atoms. The molecule has 1 saturated heterocycles. The molecule has 7 heteroatoms. The second-order valence-electron chi connectivity index (χ2n) is 7.97. The highest BCUT2D eigenvalue weighted by atomic mass is 32.2. The molecule has 6 nitrogen and oxygen atoms in total. The van der Waals surface area contributed by atoms with E-state index in [2.05, 4.69) is 10.6 Å². The molecule has 3 rings (SSSR count). The van der Waals surface area contributed by atoms with Gasteiger partial charge in [-0.1, -0.05) is 37.1 Å². The lowest BCUT2D eigenvalue weighted by molar-refractivity contribution is -0.114. The van der Waals surface area contributed by atoms with Crippen LogP contribution in [0, 0.1) is 20.8 Å². The van der Waals surface area contributed by atoms with E-state index in [1.165, 1.54) is 0 Å². The molecule has 1 heterocycles. The van der Waals surface area contributed by atoms with E-state index in [9.17, 15) is 13.2 Å². The Hall–Kier alpha value is -2.38. The van der Waals surface area contributed by atoms with Gasteiger partial charge in [0.05, 0.1) is 11.4 Å². The van der Waals surface area contributed by atoms with Gasteiger partial charge in [-0.05, 0) is 62.4 Å². The minimum atomic E-state index is -3.54. The van der Waals surface area contributed by atoms with E-state index >= 15 is 0 Å². The van der Waals surface area contributed by atoms with Crippen molar-refractivity contribution in [2.45, 2.75) is 51.3 Å². The van der Waals surface area contributed by atoms with Crippen molar-refractivity contribution < 1.29 is 13.2 Å².